The summed E-state index contributed by atoms with van der Waals surface area (Å²) in [6.07, 6.45) is 3.73. The molecule has 0 aliphatic rings. The maximum atomic E-state index is 13.4. The van der Waals surface area contributed by atoms with E-state index in [1.54, 1.807) is 11.8 Å². The molecule has 0 fully saturated rings. The molecule has 0 saturated carbocycles. The number of benzene rings is 3. The zero-order valence-electron chi connectivity index (χ0n) is 19.8. The fraction of sp³-hybridized carbons (Fsp3) is 0.241. The highest BCUT2D eigenvalue weighted by atomic mass is 16.5. The summed E-state index contributed by atoms with van der Waals surface area (Å²) in [6.45, 7) is 8.56. The number of esters is 1. The van der Waals surface area contributed by atoms with Crippen molar-refractivity contribution in [2.75, 3.05) is 11.5 Å². The number of carbonyl (C=O) groups is 2. The Kier molecular flexibility index (Phi) is 8.20. The Morgan fingerprint density at radius 2 is 1.52 bits per heavy atom. The first-order chi connectivity index (χ1) is 15.9. The van der Waals surface area contributed by atoms with Gasteiger partial charge in [-0.1, -0.05) is 78.4 Å². The first kappa shape index (κ1) is 24.0. The summed E-state index contributed by atoms with van der Waals surface area (Å²) in [5.41, 5.74) is 7.25. The van der Waals surface area contributed by atoms with Crippen LogP contribution in [0.1, 0.15) is 46.7 Å². The topological polar surface area (TPSA) is 46.6 Å². The summed E-state index contributed by atoms with van der Waals surface area (Å²) in [7, 11) is 0. The molecule has 0 saturated heterocycles. The summed E-state index contributed by atoms with van der Waals surface area (Å²) in [6, 6.07) is 22.0. The molecule has 3 rings (SSSR count). The van der Waals surface area contributed by atoms with Gasteiger partial charge in [-0.05, 0) is 61.6 Å². The number of para-hydroxylation sites is 1. The van der Waals surface area contributed by atoms with Crippen molar-refractivity contribution < 1.29 is 14.3 Å². The lowest BCUT2D eigenvalue weighted by Crippen LogP contribution is -2.33. The monoisotopic (exact) mass is 441 g/mol. The Labute approximate surface area is 196 Å². The van der Waals surface area contributed by atoms with Crippen LogP contribution in [0.4, 0.5) is 5.69 Å². The van der Waals surface area contributed by atoms with Gasteiger partial charge in [-0.15, -0.1) is 0 Å². The largest absolute Gasteiger partial charge is 0.466 e. The van der Waals surface area contributed by atoms with E-state index in [1.165, 1.54) is 5.56 Å². The average molecular weight is 442 g/mol. The van der Waals surface area contributed by atoms with E-state index in [9.17, 15) is 9.59 Å². The Hall–Kier alpha value is -3.66. The third-order valence-electron chi connectivity index (χ3n) is 5.54. The number of amides is 1. The number of hydrogen-bond acceptors (Lipinski definition) is 3. The van der Waals surface area contributed by atoms with Gasteiger partial charge in [0.2, 0.25) is 5.91 Å². The molecule has 0 heterocycles. The Bertz CT molecular complexity index is 1130. The van der Waals surface area contributed by atoms with Crippen LogP contribution in [0, 0.1) is 20.8 Å². The van der Waals surface area contributed by atoms with Gasteiger partial charge in [0.15, 0.2) is 0 Å². The molecule has 0 aromatic heterocycles. The normalized spacial score (nSPS) is 10.9. The molecule has 0 spiro atoms. The highest BCUT2D eigenvalue weighted by Gasteiger charge is 2.23. The number of carbonyl (C=O) groups excluding carboxylic acids is 2. The lowest BCUT2D eigenvalue weighted by molar-refractivity contribution is -0.145. The van der Waals surface area contributed by atoms with Crippen LogP contribution < -0.4 is 4.90 Å². The van der Waals surface area contributed by atoms with E-state index in [0.29, 0.717) is 6.54 Å². The van der Waals surface area contributed by atoms with Gasteiger partial charge >= 0.3 is 5.97 Å². The van der Waals surface area contributed by atoms with E-state index < -0.39 is 5.97 Å². The summed E-state index contributed by atoms with van der Waals surface area (Å²) < 4.78 is 5.05. The minimum Gasteiger partial charge on any atom is -0.466 e. The predicted molar refractivity (Wildman–Crippen MR) is 135 cm³/mol. The second-order valence-corrected chi connectivity index (χ2v) is 8.14. The van der Waals surface area contributed by atoms with E-state index in [-0.39, 0.29) is 18.9 Å². The molecule has 0 radical (unpaired) electrons. The van der Waals surface area contributed by atoms with E-state index in [2.05, 4.69) is 32.9 Å². The molecule has 0 bridgehead atoms. The van der Waals surface area contributed by atoms with Crippen molar-refractivity contribution >= 4 is 29.7 Å². The zero-order chi connectivity index (χ0) is 23.8. The first-order valence-electron chi connectivity index (χ1n) is 11.2. The van der Waals surface area contributed by atoms with E-state index in [0.717, 1.165) is 33.5 Å². The molecule has 3 aromatic carbocycles. The van der Waals surface area contributed by atoms with Crippen LogP contribution in [0.15, 0.2) is 66.7 Å². The lowest BCUT2D eigenvalue weighted by atomic mass is 9.98. The number of aryl methyl sites for hydroxylation is 3. The highest BCUT2D eigenvalue weighted by molar-refractivity contribution is 6.04. The third kappa shape index (κ3) is 6.42. The van der Waals surface area contributed by atoms with Crippen LogP contribution >= 0.6 is 0 Å². The minimum atomic E-state index is -0.512. The molecule has 0 N–H and O–H groups in total. The van der Waals surface area contributed by atoms with Gasteiger partial charge in [-0.2, -0.15) is 0 Å². The molecule has 3 aromatic rings. The minimum absolute atomic E-state index is 0.249. The molecular formula is C29H31NO3. The van der Waals surface area contributed by atoms with Gasteiger partial charge in [0.1, 0.15) is 6.42 Å². The fourth-order valence-electron chi connectivity index (χ4n) is 3.98. The van der Waals surface area contributed by atoms with Crippen LogP contribution in [-0.2, 0) is 20.9 Å². The Morgan fingerprint density at radius 3 is 2.18 bits per heavy atom. The number of anilines is 1. The maximum Gasteiger partial charge on any atom is 0.315 e. The zero-order valence-corrected chi connectivity index (χ0v) is 19.8. The molecular weight excluding hydrogens is 410 g/mol. The number of hydrogen-bond donors (Lipinski definition) is 0. The van der Waals surface area contributed by atoms with Crippen LogP contribution in [-0.4, -0.2) is 18.5 Å². The van der Waals surface area contributed by atoms with Crippen molar-refractivity contribution in [3.8, 4) is 0 Å². The van der Waals surface area contributed by atoms with E-state index in [1.807, 2.05) is 66.7 Å². The molecule has 4 heteroatoms. The second-order valence-electron chi connectivity index (χ2n) is 8.14. The molecule has 4 nitrogen and oxygen atoms in total. The van der Waals surface area contributed by atoms with Crippen molar-refractivity contribution in [2.45, 2.75) is 40.7 Å². The number of rotatable bonds is 8. The summed E-state index contributed by atoms with van der Waals surface area (Å²) in [4.78, 5) is 27.2. The third-order valence-corrected chi connectivity index (χ3v) is 5.54. The SMILES string of the molecule is CCOC(=O)CC(=O)N(Cc1c(C)cc(C)cc1C)c1ccccc1/C=C/c1ccccc1. The lowest BCUT2D eigenvalue weighted by Gasteiger charge is -2.26. The molecule has 0 unspecified atom stereocenters. The number of nitrogens with zero attached hydrogens (tertiary/aromatic N) is 1. The Balaban J connectivity index is 2.02. The van der Waals surface area contributed by atoms with Crippen molar-refractivity contribution in [3.63, 3.8) is 0 Å². The summed E-state index contributed by atoms with van der Waals surface area (Å²) >= 11 is 0. The van der Waals surface area contributed by atoms with Crippen LogP contribution in [0.3, 0.4) is 0 Å². The molecule has 170 valence electrons. The second kappa shape index (κ2) is 11.3. The molecule has 0 atom stereocenters. The van der Waals surface area contributed by atoms with Crippen molar-refractivity contribution in [1.82, 2.24) is 0 Å². The predicted octanol–water partition coefficient (Wildman–Crippen LogP) is 6.27. The van der Waals surface area contributed by atoms with Crippen molar-refractivity contribution in [3.05, 3.63) is 100 Å². The van der Waals surface area contributed by atoms with Gasteiger partial charge in [0, 0.05) is 0 Å². The summed E-state index contributed by atoms with van der Waals surface area (Å²) in [5.74, 6) is -0.796. The molecule has 33 heavy (non-hydrogen) atoms. The van der Waals surface area contributed by atoms with Gasteiger partial charge < -0.3 is 9.64 Å². The van der Waals surface area contributed by atoms with Gasteiger partial charge in [-0.3, -0.25) is 9.59 Å². The maximum absolute atomic E-state index is 13.4. The molecule has 0 aliphatic heterocycles. The van der Waals surface area contributed by atoms with Gasteiger partial charge in [0.05, 0.1) is 18.8 Å². The van der Waals surface area contributed by atoms with Crippen LogP contribution in [0.2, 0.25) is 0 Å². The van der Waals surface area contributed by atoms with E-state index >= 15 is 0 Å². The molecule has 1 amide bonds. The van der Waals surface area contributed by atoms with E-state index in [4.69, 9.17) is 4.74 Å². The standard InChI is InChI=1S/C29H31NO3/c1-5-33-29(32)19-28(31)30(20-26-22(3)17-21(2)18-23(26)4)27-14-10-9-13-25(27)16-15-24-11-7-6-8-12-24/h6-18H,5,19-20H2,1-4H3/b16-15+. The highest BCUT2D eigenvalue weighted by Crippen LogP contribution is 2.28. The van der Waals surface area contributed by atoms with Crippen molar-refractivity contribution in [1.29, 1.82) is 0 Å². The summed E-state index contributed by atoms with van der Waals surface area (Å²) in [5, 5.41) is 0. The van der Waals surface area contributed by atoms with Crippen LogP contribution in [0.25, 0.3) is 12.2 Å². The quantitative estimate of drug-likeness (QED) is 0.235. The molecule has 0 aliphatic carbocycles. The number of ether oxygens (including phenoxy) is 1. The smallest absolute Gasteiger partial charge is 0.315 e. The van der Waals surface area contributed by atoms with Crippen LogP contribution in [0.5, 0.6) is 0 Å². The fourth-order valence-corrected chi connectivity index (χ4v) is 3.98. The first-order valence-corrected chi connectivity index (χ1v) is 11.2. The van der Waals surface area contributed by atoms with Gasteiger partial charge in [0.25, 0.3) is 0 Å². The van der Waals surface area contributed by atoms with Gasteiger partial charge in [-0.25, -0.2) is 0 Å². The Morgan fingerprint density at radius 1 is 0.879 bits per heavy atom. The average Bonchev–Trinajstić information content (AvgIpc) is 2.78. The van der Waals surface area contributed by atoms with Crippen molar-refractivity contribution in [2.24, 2.45) is 0 Å².